The van der Waals surface area contributed by atoms with E-state index in [2.05, 4.69) is 5.32 Å². The lowest BCUT2D eigenvalue weighted by atomic mass is 9.91. The van der Waals surface area contributed by atoms with Crippen LogP contribution in [-0.4, -0.2) is 49.7 Å². The monoisotopic (exact) mass is 170 g/mol. The number of likely N-dealkylation sites (N-methyl/N-ethyl adjacent to an activating group) is 1. The van der Waals surface area contributed by atoms with Gasteiger partial charge in [-0.1, -0.05) is 0 Å². The van der Waals surface area contributed by atoms with Gasteiger partial charge in [-0.3, -0.25) is 4.79 Å². The van der Waals surface area contributed by atoms with Gasteiger partial charge in [-0.2, -0.15) is 0 Å². The van der Waals surface area contributed by atoms with E-state index in [9.17, 15) is 4.79 Å². The van der Waals surface area contributed by atoms with E-state index in [0.29, 0.717) is 18.6 Å². The van der Waals surface area contributed by atoms with Gasteiger partial charge in [0.25, 0.3) is 0 Å². The number of nitrogens with one attached hydrogen (secondary N) is 1. The highest BCUT2D eigenvalue weighted by Crippen LogP contribution is 2.30. The maximum Gasteiger partial charge on any atom is 0.237 e. The zero-order valence-electron chi connectivity index (χ0n) is 7.25. The molecule has 2 unspecified atom stereocenters. The first-order valence-corrected chi connectivity index (χ1v) is 4.36. The topological polar surface area (TPSA) is 41.6 Å². The maximum absolute atomic E-state index is 11.4. The Morgan fingerprint density at radius 1 is 1.58 bits per heavy atom. The van der Waals surface area contributed by atoms with E-state index in [4.69, 9.17) is 4.74 Å². The molecular formula is C8H14N2O2. The van der Waals surface area contributed by atoms with Crippen LogP contribution in [-0.2, 0) is 9.53 Å². The molecular weight excluding hydrogens is 156 g/mol. The molecule has 0 aromatic carbocycles. The van der Waals surface area contributed by atoms with Crippen LogP contribution in [0.4, 0.5) is 0 Å². The molecule has 3 saturated heterocycles. The largest absolute Gasteiger partial charge is 0.377 e. The predicted molar refractivity (Wildman–Crippen MR) is 43.8 cm³/mol. The zero-order chi connectivity index (χ0) is 8.55. The average Bonchev–Trinajstić information content (AvgIpc) is 2.05. The second-order valence-electron chi connectivity index (χ2n) is 3.41. The lowest BCUT2D eigenvalue weighted by molar-refractivity contribution is -0.166. The third-order valence-electron chi connectivity index (χ3n) is 2.57. The molecule has 0 spiro atoms. The van der Waals surface area contributed by atoms with Crippen LogP contribution in [0.2, 0.25) is 0 Å². The van der Waals surface area contributed by atoms with Crippen molar-refractivity contribution in [3.63, 3.8) is 0 Å². The summed E-state index contributed by atoms with van der Waals surface area (Å²) in [5.41, 5.74) is 0. The number of carbonyl (C=O) groups is 1. The van der Waals surface area contributed by atoms with Gasteiger partial charge in [-0.15, -0.1) is 0 Å². The van der Waals surface area contributed by atoms with Crippen LogP contribution in [0.3, 0.4) is 0 Å². The van der Waals surface area contributed by atoms with Crippen molar-refractivity contribution in [1.82, 2.24) is 10.2 Å². The number of hydrogen-bond acceptors (Lipinski definition) is 3. The molecule has 3 heterocycles. The maximum atomic E-state index is 11.4. The Kier molecular flexibility index (Phi) is 2.02. The Labute approximate surface area is 71.9 Å². The fourth-order valence-electron chi connectivity index (χ4n) is 1.99. The summed E-state index contributed by atoms with van der Waals surface area (Å²) >= 11 is 0. The van der Waals surface area contributed by atoms with Crippen molar-refractivity contribution < 1.29 is 9.53 Å². The van der Waals surface area contributed by atoms with Gasteiger partial charge in [0.15, 0.2) is 0 Å². The number of rotatable bonds is 2. The lowest BCUT2D eigenvalue weighted by Crippen LogP contribution is -2.66. The van der Waals surface area contributed by atoms with Gasteiger partial charge >= 0.3 is 0 Å². The van der Waals surface area contributed by atoms with Crippen molar-refractivity contribution in [2.45, 2.75) is 18.5 Å². The van der Waals surface area contributed by atoms with Crippen molar-refractivity contribution >= 4 is 5.91 Å². The Morgan fingerprint density at radius 3 is 2.75 bits per heavy atom. The van der Waals surface area contributed by atoms with E-state index in [0.717, 1.165) is 19.6 Å². The molecule has 3 aliphatic rings. The highest BCUT2D eigenvalue weighted by Gasteiger charge is 2.44. The van der Waals surface area contributed by atoms with Crippen LogP contribution < -0.4 is 5.32 Å². The minimum absolute atomic E-state index is 0.210. The molecule has 3 aliphatic heterocycles. The quantitative estimate of drug-likeness (QED) is 0.590. The standard InChI is InChI=1S/C8H14N2O2/c1-9-3-8(11)10-6-2-7(10)5-12-4-6/h6-7,9H,2-5H2,1H3. The first-order valence-electron chi connectivity index (χ1n) is 4.36. The van der Waals surface area contributed by atoms with E-state index >= 15 is 0 Å². The van der Waals surface area contributed by atoms with E-state index < -0.39 is 0 Å². The Hall–Kier alpha value is -0.610. The summed E-state index contributed by atoms with van der Waals surface area (Å²) in [6, 6.07) is 0.731. The molecule has 0 aromatic heterocycles. The Bertz CT molecular complexity index is 181. The van der Waals surface area contributed by atoms with E-state index in [1.165, 1.54) is 0 Å². The summed E-state index contributed by atoms with van der Waals surface area (Å²) in [5, 5.41) is 2.87. The van der Waals surface area contributed by atoms with E-state index in [1.807, 2.05) is 4.90 Å². The summed E-state index contributed by atoms with van der Waals surface area (Å²) in [4.78, 5) is 13.4. The molecule has 0 aromatic rings. The molecule has 12 heavy (non-hydrogen) atoms. The Balaban J connectivity index is 1.92. The van der Waals surface area contributed by atoms with E-state index in [1.54, 1.807) is 7.05 Å². The van der Waals surface area contributed by atoms with Crippen molar-refractivity contribution in [1.29, 1.82) is 0 Å². The molecule has 4 nitrogen and oxygen atoms in total. The average molecular weight is 170 g/mol. The molecule has 68 valence electrons. The van der Waals surface area contributed by atoms with Crippen LogP contribution >= 0.6 is 0 Å². The Morgan fingerprint density at radius 2 is 2.25 bits per heavy atom. The summed E-state index contributed by atoms with van der Waals surface area (Å²) < 4.78 is 5.28. The van der Waals surface area contributed by atoms with Gasteiger partial charge in [0.2, 0.25) is 5.91 Å². The van der Waals surface area contributed by atoms with Crippen LogP contribution in [0.1, 0.15) is 6.42 Å². The van der Waals surface area contributed by atoms with Gasteiger partial charge in [0, 0.05) is 0 Å². The summed E-state index contributed by atoms with van der Waals surface area (Å²) in [5.74, 6) is 0.210. The van der Waals surface area contributed by atoms with E-state index in [-0.39, 0.29) is 5.91 Å². The number of hydrogen-bond donors (Lipinski definition) is 1. The lowest BCUT2D eigenvalue weighted by Gasteiger charge is -2.52. The number of fused-ring (bicyclic) bond motifs is 2. The summed E-state index contributed by atoms with van der Waals surface area (Å²) in [6.45, 7) is 1.91. The SMILES string of the molecule is CNCC(=O)N1C2COCC1C2. The van der Waals surface area contributed by atoms with Crippen molar-refractivity contribution in [3.8, 4) is 0 Å². The fraction of sp³-hybridized carbons (Fsp3) is 0.875. The minimum Gasteiger partial charge on any atom is -0.377 e. The highest BCUT2D eigenvalue weighted by molar-refractivity contribution is 5.80. The second-order valence-corrected chi connectivity index (χ2v) is 3.41. The number of nitrogens with zero attached hydrogens (tertiary/aromatic N) is 1. The van der Waals surface area contributed by atoms with Crippen molar-refractivity contribution in [2.75, 3.05) is 26.8 Å². The number of amides is 1. The molecule has 3 fully saturated rings. The van der Waals surface area contributed by atoms with Crippen LogP contribution in [0.5, 0.6) is 0 Å². The fourth-order valence-corrected chi connectivity index (χ4v) is 1.99. The van der Waals surface area contributed by atoms with Gasteiger partial charge < -0.3 is 15.0 Å². The first kappa shape index (κ1) is 8.01. The molecule has 2 bridgehead atoms. The number of carbonyl (C=O) groups excluding carboxylic acids is 1. The second kappa shape index (κ2) is 3.03. The first-order chi connectivity index (χ1) is 5.83. The van der Waals surface area contributed by atoms with Gasteiger partial charge in [-0.05, 0) is 13.5 Å². The number of morpholine rings is 1. The van der Waals surface area contributed by atoms with Crippen molar-refractivity contribution in [3.05, 3.63) is 0 Å². The van der Waals surface area contributed by atoms with Gasteiger partial charge in [0.05, 0.1) is 31.8 Å². The highest BCUT2D eigenvalue weighted by atomic mass is 16.5. The predicted octanol–water partition coefficient (Wildman–Crippen LogP) is -0.794. The molecule has 2 atom stereocenters. The molecule has 3 rings (SSSR count). The van der Waals surface area contributed by atoms with Crippen LogP contribution in [0.15, 0.2) is 0 Å². The molecule has 4 heteroatoms. The van der Waals surface area contributed by atoms with Crippen LogP contribution in [0.25, 0.3) is 0 Å². The number of ether oxygens (including phenoxy) is 1. The summed E-state index contributed by atoms with van der Waals surface area (Å²) in [6.07, 6.45) is 1.13. The molecule has 0 saturated carbocycles. The zero-order valence-corrected chi connectivity index (χ0v) is 7.25. The van der Waals surface area contributed by atoms with Crippen LogP contribution in [0, 0.1) is 0 Å². The minimum atomic E-state index is 0.210. The normalized spacial score (nSPS) is 32.9. The molecule has 1 N–H and O–H groups in total. The third kappa shape index (κ3) is 1.11. The summed E-state index contributed by atoms with van der Waals surface area (Å²) in [7, 11) is 1.80. The molecule has 1 amide bonds. The third-order valence-corrected chi connectivity index (χ3v) is 2.57. The van der Waals surface area contributed by atoms with Gasteiger partial charge in [0.1, 0.15) is 0 Å². The molecule has 0 radical (unpaired) electrons. The molecule has 0 aliphatic carbocycles. The smallest absolute Gasteiger partial charge is 0.237 e. The van der Waals surface area contributed by atoms with Gasteiger partial charge in [-0.25, -0.2) is 0 Å². The van der Waals surface area contributed by atoms with Crippen molar-refractivity contribution in [2.24, 2.45) is 0 Å².